The van der Waals surface area contributed by atoms with Gasteiger partial charge in [-0.1, -0.05) is 48.0 Å². The fourth-order valence-electron chi connectivity index (χ4n) is 2.29. The van der Waals surface area contributed by atoms with Gasteiger partial charge >= 0.3 is 0 Å². The van der Waals surface area contributed by atoms with Crippen LogP contribution in [0.15, 0.2) is 48.5 Å². The summed E-state index contributed by atoms with van der Waals surface area (Å²) in [5.41, 5.74) is 0.370. The fourth-order valence-corrected chi connectivity index (χ4v) is 2.58. The lowest BCUT2D eigenvalue weighted by Crippen LogP contribution is -2.32. The Morgan fingerprint density at radius 1 is 1.26 bits per heavy atom. The largest absolute Gasteiger partial charge is 0.495 e. The fraction of sp³-hybridized carbons (Fsp3) is 0.278. The van der Waals surface area contributed by atoms with Crippen molar-refractivity contribution in [3.63, 3.8) is 0 Å². The van der Waals surface area contributed by atoms with Crippen LogP contribution in [-0.2, 0) is 16.9 Å². The van der Waals surface area contributed by atoms with E-state index in [1.165, 1.54) is 0 Å². The Morgan fingerprint density at radius 3 is 2.57 bits per heavy atom. The van der Waals surface area contributed by atoms with Gasteiger partial charge in [-0.2, -0.15) is 0 Å². The van der Waals surface area contributed by atoms with Crippen molar-refractivity contribution in [3.05, 3.63) is 64.7 Å². The Bertz CT molecular complexity index is 671. The van der Waals surface area contributed by atoms with Crippen molar-refractivity contribution in [3.8, 4) is 5.75 Å². The quantitative estimate of drug-likeness (QED) is 0.853. The predicted molar refractivity (Wildman–Crippen MR) is 90.5 cm³/mol. The van der Waals surface area contributed by atoms with Crippen molar-refractivity contribution < 1.29 is 14.6 Å². The Balaban J connectivity index is 1.94. The van der Waals surface area contributed by atoms with Crippen molar-refractivity contribution in [1.29, 1.82) is 0 Å². The Labute approximate surface area is 141 Å². The zero-order valence-electron chi connectivity index (χ0n) is 13.2. The highest BCUT2D eigenvalue weighted by Gasteiger charge is 2.26. The molecule has 0 aromatic heterocycles. The summed E-state index contributed by atoms with van der Waals surface area (Å²) in [5, 5.41) is 13.8. The monoisotopic (exact) mass is 333 g/mol. The third-order valence-electron chi connectivity index (χ3n) is 3.61. The number of carbonyl (C=O) groups excluding carboxylic acids is 1. The highest BCUT2D eigenvalue weighted by Crippen LogP contribution is 2.26. The first-order valence-corrected chi connectivity index (χ1v) is 7.67. The molecule has 0 fully saturated rings. The molecule has 0 radical (unpaired) electrons. The van der Waals surface area contributed by atoms with Crippen molar-refractivity contribution in [2.75, 3.05) is 7.11 Å². The number of aliphatic hydroxyl groups is 1. The average Bonchev–Trinajstić information content (AvgIpc) is 2.53. The van der Waals surface area contributed by atoms with Crippen LogP contribution in [-0.4, -0.2) is 18.1 Å². The standard InChI is InChI=1S/C18H20ClNO3/c1-18(22,14-6-4-3-5-7-14)11-17(21)20-12-13-8-9-16(23-2)15(19)10-13/h3-10,22H,11-12H2,1-2H3,(H,20,21). The van der Waals surface area contributed by atoms with Crippen molar-refractivity contribution in [2.45, 2.75) is 25.5 Å². The van der Waals surface area contributed by atoms with Gasteiger partial charge in [0.2, 0.25) is 5.91 Å². The van der Waals surface area contributed by atoms with Gasteiger partial charge in [-0.25, -0.2) is 0 Å². The Hall–Kier alpha value is -2.04. The highest BCUT2D eigenvalue weighted by atomic mass is 35.5. The number of methoxy groups -OCH3 is 1. The second-order valence-corrected chi connectivity index (χ2v) is 5.97. The van der Waals surface area contributed by atoms with Crippen LogP contribution in [0.2, 0.25) is 5.02 Å². The molecule has 2 N–H and O–H groups in total. The minimum absolute atomic E-state index is 0.0130. The summed E-state index contributed by atoms with van der Waals surface area (Å²) in [6.45, 7) is 1.97. The number of halogens is 1. The summed E-state index contributed by atoms with van der Waals surface area (Å²) < 4.78 is 5.09. The van der Waals surface area contributed by atoms with Gasteiger partial charge in [0.25, 0.3) is 0 Å². The van der Waals surface area contributed by atoms with Crippen LogP contribution in [0.3, 0.4) is 0 Å². The van der Waals surface area contributed by atoms with Crippen LogP contribution in [0.4, 0.5) is 0 Å². The summed E-state index contributed by atoms with van der Waals surface area (Å²) in [4.78, 5) is 12.1. The number of nitrogens with one attached hydrogen (secondary N) is 1. The van der Waals surface area contributed by atoms with E-state index in [4.69, 9.17) is 16.3 Å². The maximum Gasteiger partial charge on any atom is 0.223 e. The van der Waals surface area contributed by atoms with Crippen LogP contribution >= 0.6 is 11.6 Å². The Morgan fingerprint density at radius 2 is 1.96 bits per heavy atom. The first-order chi connectivity index (χ1) is 10.9. The molecule has 0 aliphatic carbocycles. The second-order valence-electron chi connectivity index (χ2n) is 5.56. The first-order valence-electron chi connectivity index (χ1n) is 7.29. The summed E-state index contributed by atoms with van der Waals surface area (Å²) in [7, 11) is 1.55. The molecular formula is C18H20ClNO3. The molecule has 23 heavy (non-hydrogen) atoms. The molecule has 0 aliphatic heterocycles. The zero-order valence-corrected chi connectivity index (χ0v) is 13.9. The van der Waals surface area contributed by atoms with Crippen LogP contribution in [0.1, 0.15) is 24.5 Å². The molecule has 0 spiro atoms. The topological polar surface area (TPSA) is 58.6 Å². The minimum atomic E-state index is -1.21. The van der Waals surface area contributed by atoms with E-state index in [1.54, 1.807) is 38.3 Å². The summed E-state index contributed by atoms with van der Waals surface area (Å²) in [5.74, 6) is 0.361. The molecule has 0 saturated heterocycles. The van der Waals surface area contributed by atoms with Crippen LogP contribution < -0.4 is 10.1 Å². The van der Waals surface area contributed by atoms with Gasteiger partial charge in [-0.3, -0.25) is 4.79 Å². The lowest BCUT2D eigenvalue weighted by Gasteiger charge is -2.23. The molecule has 0 bridgehead atoms. The van der Waals surface area contributed by atoms with Gasteiger partial charge in [0.15, 0.2) is 0 Å². The van der Waals surface area contributed by atoms with Gasteiger partial charge < -0.3 is 15.2 Å². The van der Waals surface area contributed by atoms with Gasteiger partial charge in [-0.15, -0.1) is 0 Å². The van der Waals surface area contributed by atoms with E-state index in [0.717, 1.165) is 5.56 Å². The molecule has 0 aliphatic rings. The normalized spacial score (nSPS) is 13.2. The number of carbonyl (C=O) groups is 1. The zero-order chi connectivity index (χ0) is 16.9. The number of hydrogen-bond donors (Lipinski definition) is 2. The Kier molecular flexibility index (Phi) is 5.64. The van der Waals surface area contributed by atoms with Gasteiger partial charge in [-0.05, 0) is 30.2 Å². The van der Waals surface area contributed by atoms with E-state index in [9.17, 15) is 9.90 Å². The molecule has 0 saturated carbocycles. The smallest absolute Gasteiger partial charge is 0.223 e. The van der Waals surface area contributed by atoms with E-state index >= 15 is 0 Å². The van der Waals surface area contributed by atoms with E-state index in [1.807, 2.05) is 24.3 Å². The van der Waals surface area contributed by atoms with E-state index in [0.29, 0.717) is 22.9 Å². The maximum atomic E-state index is 12.1. The number of hydrogen-bond acceptors (Lipinski definition) is 3. The molecule has 0 heterocycles. The minimum Gasteiger partial charge on any atom is -0.495 e. The second kappa shape index (κ2) is 7.49. The van der Waals surface area contributed by atoms with Crippen molar-refractivity contribution >= 4 is 17.5 Å². The summed E-state index contributed by atoms with van der Waals surface area (Å²) in [6.07, 6.45) is -0.0130. The van der Waals surface area contributed by atoms with Crippen molar-refractivity contribution in [1.82, 2.24) is 5.32 Å². The average molecular weight is 334 g/mol. The van der Waals surface area contributed by atoms with Gasteiger partial charge in [0, 0.05) is 6.54 Å². The number of benzene rings is 2. The third-order valence-corrected chi connectivity index (χ3v) is 3.90. The molecule has 1 amide bonds. The number of ether oxygens (including phenoxy) is 1. The summed E-state index contributed by atoms with van der Waals surface area (Å²) >= 11 is 6.05. The number of rotatable bonds is 6. The molecular weight excluding hydrogens is 314 g/mol. The van der Waals surface area contributed by atoms with E-state index in [2.05, 4.69) is 5.32 Å². The lowest BCUT2D eigenvalue weighted by atomic mass is 9.92. The summed E-state index contributed by atoms with van der Waals surface area (Å²) in [6, 6.07) is 14.5. The van der Waals surface area contributed by atoms with Crippen LogP contribution in [0.5, 0.6) is 5.75 Å². The molecule has 2 aromatic carbocycles. The lowest BCUT2D eigenvalue weighted by molar-refractivity contribution is -0.126. The van der Waals surface area contributed by atoms with Crippen molar-refractivity contribution in [2.24, 2.45) is 0 Å². The van der Waals surface area contributed by atoms with E-state index in [-0.39, 0.29) is 12.3 Å². The number of amides is 1. The van der Waals surface area contributed by atoms with Crippen LogP contribution in [0.25, 0.3) is 0 Å². The third kappa shape index (κ3) is 4.71. The molecule has 5 heteroatoms. The molecule has 4 nitrogen and oxygen atoms in total. The molecule has 1 unspecified atom stereocenters. The predicted octanol–water partition coefficient (Wildman–Crippen LogP) is 3.26. The van der Waals surface area contributed by atoms with Gasteiger partial charge in [0.1, 0.15) is 5.75 Å². The van der Waals surface area contributed by atoms with Crippen LogP contribution in [0, 0.1) is 0 Å². The molecule has 122 valence electrons. The van der Waals surface area contributed by atoms with E-state index < -0.39 is 5.60 Å². The SMILES string of the molecule is COc1ccc(CNC(=O)CC(C)(O)c2ccccc2)cc1Cl. The molecule has 1 atom stereocenters. The molecule has 2 aromatic rings. The molecule has 2 rings (SSSR count). The van der Waals surface area contributed by atoms with Gasteiger partial charge in [0.05, 0.1) is 24.2 Å². The highest BCUT2D eigenvalue weighted by molar-refractivity contribution is 6.32. The maximum absolute atomic E-state index is 12.1. The first kappa shape index (κ1) is 17.3.